The number of methoxy groups -OCH3 is 1. The number of hydrogen-bond donors (Lipinski definition) is 2. The molecule has 0 aliphatic carbocycles. The summed E-state index contributed by atoms with van der Waals surface area (Å²) < 4.78 is 18.3. The lowest BCUT2D eigenvalue weighted by molar-refractivity contribution is 0.312. The van der Waals surface area contributed by atoms with E-state index >= 15 is 0 Å². The first-order valence-corrected chi connectivity index (χ1v) is 13.9. The number of benzene rings is 1. The van der Waals surface area contributed by atoms with Crippen LogP contribution in [0.1, 0.15) is 0 Å². The highest BCUT2D eigenvalue weighted by Crippen LogP contribution is 2.38. The van der Waals surface area contributed by atoms with E-state index in [0.29, 0.717) is 33.7 Å². The fourth-order valence-electron chi connectivity index (χ4n) is 3.73. The number of anilines is 5. The van der Waals surface area contributed by atoms with E-state index in [4.69, 9.17) is 16.3 Å². The Morgan fingerprint density at radius 1 is 1.06 bits per heavy atom. The molecule has 1 saturated heterocycles. The molecule has 2 N–H and O–H groups in total. The number of ether oxygens (including phenoxy) is 1. The normalized spacial score (nSPS) is 14.7. The Hall–Kier alpha value is -2.87. The predicted molar refractivity (Wildman–Crippen MR) is 140 cm³/mol. The van der Waals surface area contributed by atoms with Crippen LogP contribution >= 0.6 is 18.7 Å². The van der Waals surface area contributed by atoms with Crippen LogP contribution in [0, 0.1) is 0 Å². The molecule has 1 fully saturated rings. The highest BCUT2D eigenvalue weighted by Gasteiger charge is 2.19. The van der Waals surface area contributed by atoms with Gasteiger partial charge in [-0.25, -0.2) is 4.98 Å². The van der Waals surface area contributed by atoms with Crippen LogP contribution in [0.15, 0.2) is 42.7 Å². The monoisotopic (exact) mass is 501 g/mol. The van der Waals surface area contributed by atoms with Crippen LogP contribution in [0.25, 0.3) is 0 Å². The highest BCUT2D eigenvalue weighted by molar-refractivity contribution is 7.70. The van der Waals surface area contributed by atoms with E-state index in [0.717, 1.165) is 37.6 Å². The van der Waals surface area contributed by atoms with E-state index in [2.05, 4.69) is 48.5 Å². The number of rotatable bonds is 7. The second-order valence-corrected chi connectivity index (χ2v) is 12.1. The molecule has 11 heteroatoms. The van der Waals surface area contributed by atoms with Gasteiger partial charge in [-0.2, -0.15) is 4.98 Å². The van der Waals surface area contributed by atoms with E-state index in [1.165, 1.54) is 6.20 Å². The average molecular weight is 502 g/mol. The van der Waals surface area contributed by atoms with Crippen molar-refractivity contribution in [2.75, 3.05) is 69.2 Å². The molecule has 180 valence electrons. The minimum atomic E-state index is -2.60. The molecule has 0 unspecified atom stereocenters. The van der Waals surface area contributed by atoms with Crippen molar-refractivity contribution in [2.24, 2.45) is 0 Å². The first-order chi connectivity index (χ1) is 16.2. The molecule has 1 aromatic carbocycles. The topological polar surface area (TPSA) is 95.5 Å². The smallest absolute Gasteiger partial charge is 0.229 e. The lowest BCUT2D eigenvalue weighted by Crippen LogP contribution is -2.44. The number of pyridine rings is 1. The second kappa shape index (κ2) is 10.2. The molecule has 0 spiro atoms. The summed E-state index contributed by atoms with van der Waals surface area (Å²) in [4.78, 5) is 17.8. The lowest BCUT2D eigenvalue weighted by Gasteiger charge is -2.34. The maximum Gasteiger partial charge on any atom is 0.229 e. The zero-order valence-corrected chi connectivity index (χ0v) is 21.4. The maximum atomic E-state index is 12.6. The van der Waals surface area contributed by atoms with Gasteiger partial charge in [0.2, 0.25) is 5.95 Å². The Labute approximate surface area is 204 Å². The third kappa shape index (κ3) is 5.60. The molecular weight excluding hydrogens is 473 g/mol. The first-order valence-electron chi connectivity index (χ1n) is 10.9. The summed E-state index contributed by atoms with van der Waals surface area (Å²) in [7, 11) is 1.17. The van der Waals surface area contributed by atoms with Crippen LogP contribution in [0.3, 0.4) is 0 Å². The molecule has 0 amide bonds. The third-order valence-corrected chi connectivity index (χ3v) is 7.25. The van der Waals surface area contributed by atoms with Crippen LogP contribution in [0.2, 0.25) is 5.02 Å². The van der Waals surface area contributed by atoms with Gasteiger partial charge in [0.25, 0.3) is 0 Å². The van der Waals surface area contributed by atoms with Crippen molar-refractivity contribution in [3.8, 4) is 5.75 Å². The van der Waals surface area contributed by atoms with E-state index in [1.807, 2.05) is 12.1 Å². The fraction of sp³-hybridized carbons (Fsp3) is 0.348. The van der Waals surface area contributed by atoms with E-state index in [-0.39, 0.29) is 0 Å². The number of halogens is 1. The molecule has 3 heterocycles. The lowest BCUT2D eigenvalue weighted by atomic mass is 10.2. The minimum Gasteiger partial charge on any atom is -0.494 e. The third-order valence-electron chi connectivity index (χ3n) is 5.59. The van der Waals surface area contributed by atoms with Gasteiger partial charge in [-0.3, -0.25) is 4.98 Å². The van der Waals surface area contributed by atoms with Crippen LogP contribution in [0.4, 0.5) is 28.8 Å². The van der Waals surface area contributed by atoms with Crippen molar-refractivity contribution < 1.29 is 9.30 Å². The van der Waals surface area contributed by atoms with Gasteiger partial charge in [-0.15, -0.1) is 0 Å². The van der Waals surface area contributed by atoms with Gasteiger partial charge < -0.3 is 29.7 Å². The maximum absolute atomic E-state index is 12.6. The van der Waals surface area contributed by atoms with Crippen molar-refractivity contribution in [1.29, 1.82) is 0 Å². The number of hydrogen-bond acceptors (Lipinski definition) is 9. The Kier molecular flexibility index (Phi) is 7.26. The van der Waals surface area contributed by atoms with Gasteiger partial charge in [0, 0.05) is 44.1 Å². The molecule has 3 aromatic rings. The number of aromatic nitrogens is 3. The van der Waals surface area contributed by atoms with Gasteiger partial charge in [0.05, 0.1) is 24.7 Å². The summed E-state index contributed by atoms with van der Waals surface area (Å²) in [6, 6.07) is 9.61. The zero-order chi connectivity index (χ0) is 24.3. The SMILES string of the molecule is COc1cc(N2CCN(C)CC2)ccc1Nc1ncc(Cl)c(Nc2cccnc2P(C)(C)=O)n1. The van der Waals surface area contributed by atoms with Crippen LogP contribution in [-0.2, 0) is 4.57 Å². The van der Waals surface area contributed by atoms with Gasteiger partial charge in [-0.05, 0) is 44.6 Å². The molecule has 0 bridgehead atoms. The molecule has 1 aliphatic heterocycles. The predicted octanol–water partition coefficient (Wildman–Crippen LogP) is 4.02. The van der Waals surface area contributed by atoms with Crippen molar-refractivity contribution in [1.82, 2.24) is 19.9 Å². The molecule has 2 aromatic heterocycles. The molecule has 0 saturated carbocycles. The van der Waals surface area contributed by atoms with E-state index in [1.54, 1.807) is 38.8 Å². The largest absolute Gasteiger partial charge is 0.494 e. The van der Waals surface area contributed by atoms with Gasteiger partial charge in [0.1, 0.15) is 23.3 Å². The molecule has 4 rings (SSSR count). The number of nitrogens with zero attached hydrogens (tertiary/aromatic N) is 5. The summed E-state index contributed by atoms with van der Waals surface area (Å²) in [5.74, 6) is 1.42. The fourth-order valence-corrected chi connectivity index (χ4v) is 4.92. The Bertz CT molecular complexity index is 1210. The minimum absolute atomic E-state index is 0.333. The van der Waals surface area contributed by atoms with Crippen molar-refractivity contribution in [2.45, 2.75) is 0 Å². The van der Waals surface area contributed by atoms with Crippen LogP contribution in [-0.4, -0.2) is 73.5 Å². The summed E-state index contributed by atoms with van der Waals surface area (Å²) >= 11 is 6.35. The average Bonchev–Trinajstić information content (AvgIpc) is 2.81. The van der Waals surface area contributed by atoms with E-state index < -0.39 is 7.14 Å². The van der Waals surface area contributed by atoms with Gasteiger partial charge in [0.15, 0.2) is 5.82 Å². The van der Waals surface area contributed by atoms with E-state index in [9.17, 15) is 4.57 Å². The summed E-state index contributed by atoms with van der Waals surface area (Å²) in [5, 5.41) is 6.71. The zero-order valence-electron chi connectivity index (χ0n) is 19.7. The van der Waals surface area contributed by atoms with Crippen molar-refractivity contribution in [3.63, 3.8) is 0 Å². The molecule has 9 nitrogen and oxygen atoms in total. The van der Waals surface area contributed by atoms with Crippen molar-refractivity contribution >= 4 is 53.0 Å². The van der Waals surface area contributed by atoms with Crippen LogP contribution < -0.4 is 25.7 Å². The Morgan fingerprint density at radius 3 is 2.53 bits per heavy atom. The molecule has 1 aliphatic rings. The van der Waals surface area contributed by atoms with Crippen LogP contribution in [0.5, 0.6) is 5.75 Å². The number of likely N-dealkylation sites (N-methyl/N-ethyl adjacent to an activating group) is 1. The molecule has 0 radical (unpaired) electrons. The standard InChI is InChI=1S/C23H29ClN7O2P/c1-30-10-12-31(13-11-30)16-7-8-18(20(14-16)33-2)28-23-26-15-17(24)21(29-23)27-19-6-5-9-25-22(19)34(3,4)32/h5-9,14-15H,10-13H2,1-4H3,(H2,26,27,28,29). The quantitative estimate of drug-likeness (QED) is 0.465. The summed E-state index contributed by atoms with van der Waals surface area (Å²) in [6.07, 6.45) is 3.13. The summed E-state index contributed by atoms with van der Waals surface area (Å²) in [5.41, 5.74) is 2.93. The number of piperazine rings is 1. The van der Waals surface area contributed by atoms with Gasteiger partial charge in [-0.1, -0.05) is 11.6 Å². The second-order valence-electron chi connectivity index (χ2n) is 8.54. The van der Waals surface area contributed by atoms with Gasteiger partial charge >= 0.3 is 0 Å². The van der Waals surface area contributed by atoms with Crippen molar-refractivity contribution in [3.05, 3.63) is 47.7 Å². The molecule has 34 heavy (non-hydrogen) atoms. The summed E-state index contributed by atoms with van der Waals surface area (Å²) in [6.45, 7) is 7.35. The first kappa shape index (κ1) is 24.3. The molecule has 0 atom stereocenters. The Balaban J connectivity index is 1.56. The highest BCUT2D eigenvalue weighted by atomic mass is 35.5. The number of nitrogens with one attached hydrogen (secondary N) is 2. The molecular formula is C23H29ClN7O2P. The Morgan fingerprint density at radius 2 is 1.82 bits per heavy atom.